The molecule has 12 rings (SSSR count). The van der Waals surface area contributed by atoms with E-state index < -0.39 is 0 Å². The average Bonchev–Trinajstić information content (AvgIpc) is 3.91. The van der Waals surface area contributed by atoms with E-state index in [1.807, 2.05) is 11.3 Å². The minimum Gasteiger partial charge on any atom is -0.310 e. The second-order valence-corrected chi connectivity index (χ2v) is 18.2. The Morgan fingerprint density at radius 2 is 1.10 bits per heavy atom. The van der Waals surface area contributed by atoms with Crippen LogP contribution in [0.25, 0.3) is 53.6 Å². The van der Waals surface area contributed by atoms with Gasteiger partial charge in [-0.1, -0.05) is 165 Å². The number of allylic oxidation sites excluding steroid dienone is 4. The Bertz CT molecular complexity index is 3230. The van der Waals surface area contributed by atoms with E-state index in [-0.39, 0.29) is 10.8 Å². The van der Waals surface area contributed by atoms with Gasteiger partial charge < -0.3 is 4.90 Å². The molecule has 0 bridgehead atoms. The van der Waals surface area contributed by atoms with Crippen molar-refractivity contribution in [2.75, 3.05) is 4.90 Å². The topological polar surface area (TPSA) is 3.24 Å². The van der Waals surface area contributed by atoms with E-state index in [4.69, 9.17) is 0 Å². The van der Waals surface area contributed by atoms with Gasteiger partial charge in [-0.15, -0.1) is 11.3 Å². The van der Waals surface area contributed by atoms with Crippen LogP contribution in [0, 0.1) is 0 Å². The Balaban J connectivity index is 1.04. The van der Waals surface area contributed by atoms with Crippen LogP contribution < -0.4 is 4.90 Å². The van der Waals surface area contributed by atoms with Crippen molar-refractivity contribution in [3.05, 3.63) is 234 Å². The van der Waals surface area contributed by atoms with Crippen molar-refractivity contribution in [3.8, 4) is 33.4 Å². The molecule has 1 heterocycles. The summed E-state index contributed by atoms with van der Waals surface area (Å²) in [6.07, 6.45) is 9.03. The van der Waals surface area contributed by atoms with Gasteiger partial charge in [-0.3, -0.25) is 0 Å². The number of nitrogens with zero attached hydrogens (tertiary/aromatic N) is 1. The number of rotatable bonds is 6. The lowest BCUT2D eigenvalue weighted by atomic mass is 9.65. The predicted octanol–water partition coefficient (Wildman–Crippen LogP) is 16.1. The molecule has 0 amide bonds. The van der Waals surface area contributed by atoms with E-state index in [1.54, 1.807) is 0 Å². The zero-order chi connectivity index (χ0) is 40.0. The molecule has 0 fully saturated rings. The molecule has 3 aliphatic carbocycles. The number of anilines is 3. The maximum absolute atomic E-state index is 2.48. The van der Waals surface area contributed by atoms with Gasteiger partial charge >= 0.3 is 0 Å². The van der Waals surface area contributed by atoms with Crippen LogP contribution in [-0.2, 0) is 10.8 Å². The van der Waals surface area contributed by atoms with Crippen LogP contribution in [0.15, 0.2) is 206 Å². The van der Waals surface area contributed by atoms with Crippen LogP contribution in [0.5, 0.6) is 0 Å². The highest BCUT2D eigenvalue weighted by atomic mass is 32.1. The zero-order valence-electron chi connectivity index (χ0n) is 33.8. The molecule has 0 aliphatic heterocycles. The summed E-state index contributed by atoms with van der Waals surface area (Å²) in [5, 5.41) is 2.65. The van der Waals surface area contributed by atoms with Gasteiger partial charge in [0, 0.05) is 42.6 Å². The lowest BCUT2D eigenvalue weighted by molar-refractivity contribution is 0.660. The van der Waals surface area contributed by atoms with Crippen molar-refractivity contribution in [1.29, 1.82) is 0 Å². The zero-order valence-corrected chi connectivity index (χ0v) is 34.6. The highest BCUT2D eigenvalue weighted by Crippen LogP contribution is 2.59. The first-order chi connectivity index (χ1) is 29.5. The van der Waals surface area contributed by atoms with Gasteiger partial charge in [0.1, 0.15) is 0 Å². The lowest BCUT2D eigenvalue weighted by Crippen LogP contribution is -2.30. The number of thiophene rings is 1. The number of fused-ring (bicyclic) bond motifs is 9. The molecule has 8 aromatic carbocycles. The molecular formula is C58H43NS. The summed E-state index contributed by atoms with van der Waals surface area (Å²) in [6, 6.07) is 68.6. The summed E-state index contributed by atoms with van der Waals surface area (Å²) in [7, 11) is 0. The van der Waals surface area contributed by atoms with Crippen molar-refractivity contribution in [3.63, 3.8) is 0 Å². The van der Waals surface area contributed by atoms with Crippen LogP contribution in [-0.4, -0.2) is 0 Å². The summed E-state index contributed by atoms with van der Waals surface area (Å²) in [5.41, 5.74) is 19.0. The Labute approximate surface area is 356 Å². The van der Waals surface area contributed by atoms with Crippen LogP contribution in [0.1, 0.15) is 54.5 Å². The predicted molar refractivity (Wildman–Crippen MR) is 255 cm³/mol. The summed E-state index contributed by atoms with van der Waals surface area (Å²) in [6.45, 7) is 4.75. The Morgan fingerprint density at radius 1 is 0.467 bits per heavy atom. The van der Waals surface area contributed by atoms with E-state index in [2.05, 4.69) is 219 Å². The van der Waals surface area contributed by atoms with Crippen LogP contribution >= 0.6 is 11.3 Å². The van der Waals surface area contributed by atoms with Gasteiger partial charge in [0.15, 0.2) is 0 Å². The smallest absolute Gasteiger partial charge is 0.0676 e. The number of hydrogen-bond acceptors (Lipinski definition) is 2. The highest BCUT2D eigenvalue weighted by molar-refractivity contribution is 7.25. The van der Waals surface area contributed by atoms with Gasteiger partial charge in [-0.2, -0.15) is 0 Å². The largest absolute Gasteiger partial charge is 0.310 e. The summed E-state index contributed by atoms with van der Waals surface area (Å²) >= 11 is 1.87. The molecule has 0 N–H and O–H groups in total. The van der Waals surface area contributed by atoms with E-state index in [0.717, 1.165) is 29.9 Å². The second kappa shape index (κ2) is 13.4. The molecule has 0 radical (unpaired) electrons. The summed E-state index contributed by atoms with van der Waals surface area (Å²) in [5.74, 6) is 0. The van der Waals surface area contributed by atoms with Crippen LogP contribution in [0.3, 0.4) is 0 Å². The van der Waals surface area contributed by atoms with Gasteiger partial charge in [-0.25, -0.2) is 0 Å². The Morgan fingerprint density at radius 3 is 1.92 bits per heavy atom. The minimum absolute atomic E-state index is 0.115. The molecule has 9 aromatic rings. The normalized spacial score (nSPS) is 16.9. The molecule has 1 unspecified atom stereocenters. The van der Waals surface area contributed by atoms with E-state index in [9.17, 15) is 0 Å². The Kier molecular flexibility index (Phi) is 7.86. The SMILES string of the molecule is CC1(C)c2ccccc2-c2ccc(N(c3ccc(-c4ccc5sc6ccccc6c5c4)cc3)c3ccc4c(c3)-c3ccccc3C4(C3=CC=CCC3)c3ccccc3)cc21. The first-order valence-electron chi connectivity index (χ1n) is 21.2. The fraction of sp³-hybridized carbons (Fsp3) is 0.103. The molecule has 60 heavy (non-hydrogen) atoms. The van der Waals surface area contributed by atoms with Gasteiger partial charge in [-0.05, 0) is 129 Å². The maximum Gasteiger partial charge on any atom is 0.0676 e. The Hall–Kier alpha value is -6.74. The summed E-state index contributed by atoms with van der Waals surface area (Å²) < 4.78 is 2.66. The molecule has 1 nitrogen and oxygen atoms in total. The molecular weight excluding hydrogens is 743 g/mol. The molecule has 1 aromatic heterocycles. The third kappa shape index (κ3) is 5.11. The third-order valence-electron chi connectivity index (χ3n) is 13.6. The molecule has 3 aliphatic rings. The third-order valence-corrected chi connectivity index (χ3v) is 14.8. The fourth-order valence-electron chi connectivity index (χ4n) is 10.8. The van der Waals surface area contributed by atoms with Crippen molar-refractivity contribution in [2.45, 2.75) is 37.5 Å². The average molecular weight is 786 g/mol. The van der Waals surface area contributed by atoms with Crippen molar-refractivity contribution in [1.82, 2.24) is 0 Å². The number of benzene rings is 8. The molecule has 286 valence electrons. The standard InChI is InChI=1S/C58H43NS/c1-57(2)51-22-12-9-19-45(51)47-32-30-44(37-54(47)57)59(42-28-25-38(26-29-42)39-27-34-56-50(35-39)48-21-11-14-24-55(48)60-56)43-31-33-53-49(36-43)46-20-10-13-23-52(46)58(53,40-15-5-3-6-16-40)41-17-7-4-8-18-41/h3-7,9-17,19-37H,8,18H2,1-2H3. The first kappa shape index (κ1) is 35.2. The fourth-order valence-corrected chi connectivity index (χ4v) is 11.9. The van der Waals surface area contributed by atoms with Crippen molar-refractivity contribution in [2.24, 2.45) is 0 Å². The molecule has 2 heteroatoms. The van der Waals surface area contributed by atoms with Crippen molar-refractivity contribution < 1.29 is 0 Å². The van der Waals surface area contributed by atoms with Gasteiger partial charge in [0.05, 0.1) is 5.41 Å². The molecule has 0 spiro atoms. The van der Waals surface area contributed by atoms with Crippen LogP contribution in [0.2, 0.25) is 0 Å². The molecule has 0 saturated carbocycles. The second-order valence-electron chi connectivity index (χ2n) is 17.1. The van der Waals surface area contributed by atoms with E-state index in [0.29, 0.717) is 0 Å². The van der Waals surface area contributed by atoms with E-state index >= 15 is 0 Å². The van der Waals surface area contributed by atoms with Gasteiger partial charge in [0.2, 0.25) is 0 Å². The summed E-state index contributed by atoms with van der Waals surface area (Å²) in [4.78, 5) is 2.48. The monoisotopic (exact) mass is 785 g/mol. The lowest BCUT2D eigenvalue weighted by Gasteiger charge is -2.37. The van der Waals surface area contributed by atoms with E-state index in [1.165, 1.54) is 86.9 Å². The first-order valence-corrected chi connectivity index (χ1v) is 22.0. The van der Waals surface area contributed by atoms with Crippen molar-refractivity contribution >= 4 is 48.6 Å². The minimum atomic E-state index is -0.360. The molecule has 0 saturated heterocycles. The quantitative estimate of drug-likeness (QED) is 0.162. The number of hydrogen-bond donors (Lipinski definition) is 0. The highest BCUT2D eigenvalue weighted by Gasteiger charge is 2.47. The van der Waals surface area contributed by atoms with Gasteiger partial charge in [0.25, 0.3) is 0 Å². The maximum atomic E-state index is 2.48. The van der Waals surface area contributed by atoms with Crippen LogP contribution in [0.4, 0.5) is 17.1 Å². The molecule has 1 atom stereocenters.